The van der Waals surface area contributed by atoms with E-state index in [0.717, 1.165) is 18.2 Å². The lowest BCUT2D eigenvalue weighted by molar-refractivity contribution is -0.137. The number of nitrogens with zero attached hydrogens (tertiary/aromatic N) is 1. The molecular weight excluding hydrogens is 451 g/mol. The van der Waals surface area contributed by atoms with Crippen molar-refractivity contribution < 1.29 is 32.3 Å². The number of carbonyl (C=O) groups excluding carboxylic acids is 3. The molecule has 0 spiro atoms. The first-order valence-electron chi connectivity index (χ1n) is 9.30. The molecule has 0 bridgehead atoms. The topological polar surface area (TPSA) is 87.7 Å². The molecule has 11 heteroatoms. The van der Waals surface area contributed by atoms with Gasteiger partial charge in [-0.3, -0.25) is 5.32 Å². The Hall–Kier alpha value is -3.27. The standard InChI is InChI=1S/C21H21ClF3N3O4/c1-20(2,3)12-26-17(29)27-18(30)28(15-6-4-5-13(11-15)21(23,24)25)19(31)32-16-9-7-14(22)8-10-16/h4-11H,12H2,1-3H3,(H2,26,27,29,30). The summed E-state index contributed by atoms with van der Waals surface area (Å²) in [5.41, 5.74) is -1.83. The van der Waals surface area contributed by atoms with Crippen molar-refractivity contribution in [3.05, 3.63) is 59.1 Å². The van der Waals surface area contributed by atoms with Crippen LogP contribution in [0.4, 0.5) is 33.2 Å². The molecule has 7 nitrogen and oxygen atoms in total. The average Bonchev–Trinajstić information content (AvgIpc) is 2.67. The first-order valence-corrected chi connectivity index (χ1v) is 9.68. The second kappa shape index (κ2) is 9.90. The largest absolute Gasteiger partial charge is 0.428 e. The van der Waals surface area contributed by atoms with Crippen molar-refractivity contribution in [3.8, 4) is 5.75 Å². The molecule has 2 aromatic carbocycles. The van der Waals surface area contributed by atoms with Gasteiger partial charge in [-0.25, -0.2) is 14.4 Å². The summed E-state index contributed by atoms with van der Waals surface area (Å²) in [4.78, 5) is 37.7. The van der Waals surface area contributed by atoms with Gasteiger partial charge in [0.2, 0.25) is 0 Å². The Morgan fingerprint density at radius 3 is 2.22 bits per heavy atom. The molecule has 172 valence electrons. The third kappa shape index (κ3) is 7.45. The molecule has 0 radical (unpaired) electrons. The van der Waals surface area contributed by atoms with Crippen molar-refractivity contribution in [2.75, 3.05) is 11.4 Å². The smallest absolute Gasteiger partial charge is 0.410 e. The molecule has 0 aliphatic rings. The van der Waals surface area contributed by atoms with E-state index < -0.39 is 35.6 Å². The van der Waals surface area contributed by atoms with Gasteiger partial charge < -0.3 is 10.1 Å². The summed E-state index contributed by atoms with van der Waals surface area (Å²) in [5, 5.41) is 4.72. The van der Waals surface area contributed by atoms with E-state index in [9.17, 15) is 27.6 Å². The van der Waals surface area contributed by atoms with E-state index in [4.69, 9.17) is 16.3 Å². The molecule has 2 rings (SSSR count). The molecule has 5 amide bonds. The van der Waals surface area contributed by atoms with Gasteiger partial charge in [-0.1, -0.05) is 38.4 Å². The molecule has 0 unspecified atom stereocenters. The highest BCUT2D eigenvalue weighted by Gasteiger charge is 2.33. The van der Waals surface area contributed by atoms with Gasteiger partial charge in [0, 0.05) is 11.6 Å². The Bertz CT molecular complexity index is 989. The molecule has 2 N–H and O–H groups in total. The molecular formula is C21H21ClF3N3O4. The van der Waals surface area contributed by atoms with Crippen molar-refractivity contribution in [1.82, 2.24) is 10.6 Å². The maximum absolute atomic E-state index is 13.1. The van der Waals surface area contributed by atoms with Gasteiger partial charge in [-0.2, -0.15) is 18.1 Å². The second-order valence-corrected chi connectivity index (χ2v) is 8.32. The fourth-order valence-corrected chi connectivity index (χ4v) is 2.44. The van der Waals surface area contributed by atoms with E-state index in [1.54, 1.807) is 0 Å². The lowest BCUT2D eigenvalue weighted by Crippen LogP contribution is -2.51. The van der Waals surface area contributed by atoms with Crippen LogP contribution in [0.25, 0.3) is 0 Å². The van der Waals surface area contributed by atoms with Crippen LogP contribution in [-0.2, 0) is 6.18 Å². The molecule has 0 atom stereocenters. The summed E-state index contributed by atoms with van der Waals surface area (Å²) in [6.07, 6.45) is -6.05. The van der Waals surface area contributed by atoms with Crippen LogP contribution < -0.4 is 20.3 Å². The fraction of sp³-hybridized carbons (Fsp3) is 0.286. The van der Waals surface area contributed by atoms with Crippen LogP contribution in [0.2, 0.25) is 5.02 Å². The zero-order valence-electron chi connectivity index (χ0n) is 17.4. The predicted molar refractivity (Wildman–Crippen MR) is 113 cm³/mol. The predicted octanol–water partition coefficient (Wildman–Crippen LogP) is 5.83. The maximum Gasteiger partial charge on any atom is 0.428 e. The van der Waals surface area contributed by atoms with E-state index in [2.05, 4.69) is 5.32 Å². The molecule has 0 aliphatic carbocycles. The number of rotatable bonds is 3. The first-order chi connectivity index (χ1) is 14.8. The minimum absolute atomic E-state index is 0.0126. The quantitative estimate of drug-likeness (QED) is 0.589. The summed E-state index contributed by atoms with van der Waals surface area (Å²) in [7, 11) is 0. The Morgan fingerprint density at radius 2 is 1.66 bits per heavy atom. The lowest BCUT2D eigenvalue weighted by atomic mass is 9.97. The minimum atomic E-state index is -4.72. The number of urea groups is 2. The van der Waals surface area contributed by atoms with Gasteiger partial charge in [0.1, 0.15) is 5.75 Å². The van der Waals surface area contributed by atoms with Crippen LogP contribution >= 0.6 is 11.6 Å². The van der Waals surface area contributed by atoms with Gasteiger partial charge in [0.25, 0.3) is 0 Å². The van der Waals surface area contributed by atoms with Crippen LogP contribution in [-0.4, -0.2) is 24.7 Å². The van der Waals surface area contributed by atoms with Gasteiger partial charge in [-0.05, 0) is 47.9 Å². The summed E-state index contributed by atoms with van der Waals surface area (Å²) in [5.74, 6) is -0.0126. The van der Waals surface area contributed by atoms with Gasteiger partial charge >= 0.3 is 24.3 Å². The van der Waals surface area contributed by atoms with Crippen molar-refractivity contribution >= 4 is 35.4 Å². The summed E-state index contributed by atoms with van der Waals surface area (Å²) >= 11 is 5.77. The zero-order chi connectivity index (χ0) is 24.1. The number of hydrogen-bond acceptors (Lipinski definition) is 4. The normalized spacial score (nSPS) is 11.5. The number of imide groups is 2. The lowest BCUT2D eigenvalue weighted by Gasteiger charge is -2.22. The SMILES string of the molecule is CC(C)(C)CNC(=O)NC(=O)N(C(=O)Oc1ccc(Cl)cc1)c1cccc(C(F)(F)F)c1. The molecule has 0 aromatic heterocycles. The monoisotopic (exact) mass is 471 g/mol. The number of carbonyl (C=O) groups is 3. The van der Waals surface area contributed by atoms with Crippen molar-refractivity contribution in [3.63, 3.8) is 0 Å². The number of alkyl halides is 3. The van der Waals surface area contributed by atoms with E-state index in [1.165, 1.54) is 24.3 Å². The Balaban J connectivity index is 2.31. The summed E-state index contributed by atoms with van der Waals surface area (Å²) in [6.45, 7) is 5.72. The molecule has 0 aliphatic heterocycles. The van der Waals surface area contributed by atoms with Crippen LogP contribution in [0, 0.1) is 5.41 Å². The van der Waals surface area contributed by atoms with Gasteiger partial charge in [0.05, 0.1) is 11.3 Å². The highest BCUT2D eigenvalue weighted by Crippen LogP contribution is 2.32. The number of ether oxygens (including phenoxy) is 1. The first kappa shape index (κ1) is 25.0. The van der Waals surface area contributed by atoms with Crippen molar-refractivity contribution in [2.24, 2.45) is 5.41 Å². The number of halogens is 4. The molecule has 2 aromatic rings. The third-order valence-corrected chi connectivity index (χ3v) is 4.09. The average molecular weight is 472 g/mol. The Morgan fingerprint density at radius 1 is 1.03 bits per heavy atom. The van der Waals surface area contributed by atoms with Crippen LogP contribution in [0.15, 0.2) is 48.5 Å². The Kier molecular flexibility index (Phi) is 7.73. The van der Waals surface area contributed by atoms with Crippen molar-refractivity contribution in [2.45, 2.75) is 26.9 Å². The van der Waals surface area contributed by atoms with E-state index >= 15 is 0 Å². The highest BCUT2D eigenvalue weighted by molar-refractivity contribution is 6.30. The number of nitrogens with one attached hydrogen (secondary N) is 2. The van der Waals surface area contributed by atoms with E-state index in [-0.39, 0.29) is 17.7 Å². The Labute approximate surface area is 187 Å². The van der Waals surface area contributed by atoms with Crippen molar-refractivity contribution in [1.29, 1.82) is 0 Å². The highest BCUT2D eigenvalue weighted by atomic mass is 35.5. The number of benzene rings is 2. The molecule has 0 heterocycles. The van der Waals surface area contributed by atoms with Crippen LogP contribution in [0.3, 0.4) is 0 Å². The van der Waals surface area contributed by atoms with Gasteiger partial charge in [0.15, 0.2) is 0 Å². The molecule has 0 saturated carbocycles. The van der Waals surface area contributed by atoms with Crippen LogP contribution in [0.1, 0.15) is 26.3 Å². The maximum atomic E-state index is 13.1. The van der Waals surface area contributed by atoms with E-state index in [0.29, 0.717) is 16.0 Å². The number of amides is 5. The molecule has 0 saturated heterocycles. The van der Waals surface area contributed by atoms with E-state index in [1.807, 2.05) is 26.1 Å². The van der Waals surface area contributed by atoms with Crippen LogP contribution in [0.5, 0.6) is 5.75 Å². The number of anilines is 1. The fourth-order valence-electron chi connectivity index (χ4n) is 2.32. The summed E-state index contributed by atoms with van der Waals surface area (Å²) < 4.78 is 44.5. The van der Waals surface area contributed by atoms with Gasteiger partial charge in [-0.15, -0.1) is 0 Å². The third-order valence-electron chi connectivity index (χ3n) is 3.84. The summed E-state index contributed by atoms with van der Waals surface area (Å²) in [6, 6.07) is 6.76. The zero-order valence-corrected chi connectivity index (χ0v) is 18.2. The molecule has 0 fully saturated rings. The second-order valence-electron chi connectivity index (χ2n) is 7.88. The minimum Gasteiger partial charge on any atom is -0.410 e. The number of hydrogen-bond donors (Lipinski definition) is 2. The molecule has 32 heavy (non-hydrogen) atoms.